The Balaban J connectivity index is 0.00000169. The molecular weight excluding hydrogens is 219 g/mol. The summed E-state index contributed by atoms with van der Waals surface area (Å²) < 4.78 is 31.5. The predicted octanol–water partition coefficient (Wildman–Crippen LogP) is -2.69. The van der Waals surface area contributed by atoms with Crippen molar-refractivity contribution in [1.82, 2.24) is 0 Å². The number of benzene rings is 1. The van der Waals surface area contributed by atoms with E-state index in [9.17, 15) is 13.0 Å². The van der Waals surface area contributed by atoms with Gasteiger partial charge in [-0.2, -0.15) is 0 Å². The van der Waals surface area contributed by atoms with Gasteiger partial charge in [-0.15, -0.1) is 0 Å². The normalized spacial score (nSPS) is 10.7. The third-order valence-corrected chi connectivity index (χ3v) is 2.41. The molecule has 0 spiro atoms. The van der Waals surface area contributed by atoms with Gasteiger partial charge in [0.05, 0.1) is 4.90 Å². The van der Waals surface area contributed by atoms with Crippen molar-refractivity contribution < 1.29 is 52.7 Å². The van der Waals surface area contributed by atoms with Crippen molar-refractivity contribution in [2.45, 2.75) is 11.8 Å². The van der Waals surface area contributed by atoms with Gasteiger partial charge in [-0.05, 0) is 18.6 Å². The van der Waals surface area contributed by atoms with Crippen molar-refractivity contribution in [3.05, 3.63) is 17.7 Å². The summed E-state index contributed by atoms with van der Waals surface area (Å²) >= 11 is 0. The Morgan fingerprint density at radius 3 is 2.14 bits per heavy atom. The van der Waals surface area contributed by atoms with E-state index >= 15 is 0 Å². The minimum atomic E-state index is -4.73. The number of hydrogen-bond acceptors (Lipinski definition) is 5. The van der Waals surface area contributed by atoms with Crippen LogP contribution in [0.3, 0.4) is 0 Å². The number of aryl methyl sites for hydroxylation is 1. The smallest absolute Gasteiger partial charge is 0.744 e. The number of phenolic OH excluding ortho intramolecular Hbond substituents is 2. The third kappa shape index (κ3) is 2.86. The molecule has 7 heteroatoms. The molecule has 0 aliphatic rings. The summed E-state index contributed by atoms with van der Waals surface area (Å²) in [6.07, 6.45) is 0. The van der Waals surface area contributed by atoms with Gasteiger partial charge in [-0.25, -0.2) is 8.42 Å². The quantitative estimate of drug-likeness (QED) is 0.309. The number of phenols is 2. The number of aromatic hydroxyl groups is 2. The molecule has 0 saturated heterocycles. The number of rotatable bonds is 1. The second kappa shape index (κ2) is 4.50. The van der Waals surface area contributed by atoms with Crippen molar-refractivity contribution in [3.8, 4) is 11.5 Å². The average molecular weight is 226 g/mol. The SMILES string of the molecule is Cc1cc(O)c(S(=O)(=O)[O-])cc1O.[Na+]. The maximum Gasteiger partial charge on any atom is 1.00 e. The van der Waals surface area contributed by atoms with Crippen LogP contribution < -0.4 is 29.6 Å². The molecule has 2 N–H and O–H groups in total. The van der Waals surface area contributed by atoms with E-state index in [1.54, 1.807) is 0 Å². The summed E-state index contributed by atoms with van der Waals surface area (Å²) in [5, 5.41) is 18.1. The molecule has 1 aromatic rings. The Labute approximate surface area is 103 Å². The molecule has 0 radical (unpaired) electrons. The van der Waals surface area contributed by atoms with Gasteiger partial charge >= 0.3 is 29.6 Å². The maximum atomic E-state index is 10.5. The Morgan fingerprint density at radius 2 is 1.71 bits per heavy atom. The Bertz CT molecular complexity index is 440. The summed E-state index contributed by atoms with van der Waals surface area (Å²) in [6, 6.07) is 1.74. The molecule has 0 saturated carbocycles. The van der Waals surface area contributed by atoms with Gasteiger partial charge < -0.3 is 14.8 Å². The molecule has 14 heavy (non-hydrogen) atoms. The van der Waals surface area contributed by atoms with Crippen LogP contribution in [-0.2, 0) is 10.1 Å². The molecule has 1 rings (SSSR count). The van der Waals surface area contributed by atoms with Gasteiger partial charge in [0.15, 0.2) is 0 Å². The first-order valence-corrected chi connectivity index (χ1v) is 4.71. The molecule has 0 amide bonds. The van der Waals surface area contributed by atoms with Crippen molar-refractivity contribution in [3.63, 3.8) is 0 Å². The fourth-order valence-corrected chi connectivity index (χ4v) is 1.43. The van der Waals surface area contributed by atoms with Gasteiger partial charge in [-0.1, -0.05) is 0 Å². The summed E-state index contributed by atoms with van der Waals surface area (Å²) in [5.41, 5.74) is 0.296. The summed E-state index contributed by atoms with van der Waals surface area (Å²) in [6.45, 7) is 1.47. The van der Waals surface area contributed by atoms with E-state index in [0.717, 1.165) is 12.1 Å². The molecule has 0 heterocycles. The fraction of sp³-hybridized carbons (Fsp3) is 0.143. The zero-order valence-electron chi connectivity index (χ0n) is 7.68. The molecule has 5 nitrogen and oxygen atoms in total. The van der Waals surface area contributed by atoms with Gasteiger partial charge in [-0.3, -0.25) is 0 Å². The van der Waals surface area contributed by atoms with Crippen LogP contribution in [0, 0.1) is 6.92 Å². The minimum absolute atomic E-state index is 0. The first-order valence-electron chi connectivity index (χ1n) is 3.31. The predicted molar refractivity (Wildman–Crippen MR) is 42.5 cm³/mol. The molecule has 0 bridgehead atoms. The van der Waals surface area contributed by atoms with Crippen molar-refractivity contribution in [2.24, 2.45) is 0 Å². The molecule has 0 aliphatic carbocycles. The molecular formula is C7H7NaO5S. The zero-order valence-corrected chi connectivity index (χ0v) is 10.5. The Hall–Kier alpha value is -0.270. The van der Waals surface area contributed by atoms with E-state index in [4.69, 9.17) is 10.2 Å². The first kappa shape index (κ1) is 13.7. The number of hydrogen-bond donors (Lipinski definition) is 2. The monoisotopic (exact) mass is 226 g/mol. The summed E-state index contributed by atoms with van der Waals surface area (Å²) in [5.74, 6) is -0.988. The second-order valence-corrected chi connectivity index (χ2v) is 3.91. The summed E-state index contributed by atoms with van der Waals surface area (Å²) in [4.78, 5) is -0.810. The molecule has 0 aromatic heterocycles. The second-order valence-electron chi connectivity index (χ2n) is 2.56. The summed E-state index contributed by atoms with van der Waals surface area (Å²) in [7, 11) is -4.73. The van der Waals surface area contributed by atoms with Crippen LogP contribution in [0.25, 0.3) is 0 Å². The fourth-order valence-electron chi connectivity index (χ4n) is 0.862. The van der Waals surface area contributed by atoms with E-state index in [1.165, 1.54) is 6.92 Å². The van der Waals surface area contributed by atoms with Crippen LogP contribution in [0.1, 0.15) is 5.56 Å². The molecule has 0 fully saturated rings. The van der Waals surface area contributed by atoms with E-state index in [1.807, 2.05) is 0 Å². The van der Waals surface area contributed by atoms with Crippen LogP contribution in [0.15, 0.2) is 17.0 Å². The van der Waals surface area contributed by atoms with E-state index in [2.05, 4.69) is 0 Å². The van der Waals surface area contributed by atoms with Crippen LogP contribution in [0.4, 0.5) is 0 Å². The van der Waals surface area contributed by atoms with Crippen LogP contribution in [0.5, 0.6) is 11.5 Å². The zero-order chi connectivity index (χ0) is 10.2. The van der Waals surface area contributed by atoms with Gasteiger partial charge in [0.2, 0.25) is 0 Å². The molecule has 0 aliphatic heterocycles. The average Bonchev–Trinajstić information content (AvgIpc) is 1.94. The van der Waals surface area contributed by atoms with Gasteiger partial charge in [0, 0.05) is 6.07 Å². The van der Waals surface area contributed by atoms with Gasteiger partial charge in [0.1, 0.15) is 21.6 Å². The molecule has 1 aromatic carbocycles. The standard InChI is InChI=1S/C7H8O5S.Na/c1-4-2-6(9)7(3-5(4)8)13(10,11)12;/h2-3,8-9H,1H3,(H,10,11,12);/q;+1/p-1. The van der Waals surface area contributed by atoms with E-state index < -0.39 is 20.8 Å². The van der Waals surface area contributed by atoms with Gasteiger partial charge in [0.25, 0.3) is 0 Å². The Morgan fingerprint density at radius 1 is 1.21 bits per heavy atom. The van der Waals surface area contributed by atoms with Crippen LogP contribution in [0.2, 0.25) is 0 Å². The van der Waals surface area contributed by atoms with Crippen molar-refractivity contribution >= 4 is 10.1 Å². The molecule has 72 valence electrons. The van der Waals surface area contributed by atoms with Crippen LogP contribution >= 0.6 is 0 Å². The van der Waals surface area contributed by atoms with Crippen molar-refractivity contribution in [2.75, 3.05) is 0 Å². The largest absolute Gasteiger partial charge is 1.00 e. The maximum absolute atomic E-state index is 10.5. The van der Waals surface area contributed by atoms with Crippen molar-refractivity contribution in [1.29, 1.82) is 0 Å². The molecule has 0 atom stereocenters. The molecule has 0 unspecified atom stereocenters. The topological polar surface area (TPSA) is 97.7 Å². The third-order valence-electron chi connectivity index (χ3n) is 1.55. The Kier molecular flexibility index (Phi) is 4.41. The van der Waals surface area contributed by atoms with E-state index in [0.29, 0.717) is 5.56 Å². The minimum Gasteiger partial charge on any atom is -0.744 e. The first-order chi connectivity index (χ1) is 5.82. The van der Waals surface area contributed by atoms with Crippen LogP contribution in [-0.4, -0.2) is 23.2 Å². The van der Waals surface area contributed by atoms with E-state index in [-0.39, 0.29) is 35.3 Å².